The molecule has 1 heterocycles. The third-order valence-electron chi connectivity index (χ3n) is 15.5. The molecule has 1 aromatic heterocycles. The fourth-order valence-corrected chi connectivity index (χ4v) is 12.5. The first-order valence-electron chi connectivity index (χ1n) is 18.5. The number of carbonyl (C=O) groups excluding carboxylic acids is 1. The van der Waals surface area contributed by atoms with Crippen molar-refractivity contribution in [3.05, 3.63) is 58.4 Å². The second kappa shape index (κ2) is 11.7. The van der Waals surface area contributed by atoms with Gasteiger partial charge in [-0.2, -0.15) is 0 Å². The van der Waals surface area contributed by atoms with Crippen LogP contribution in [0.25, 0.3) is 0 Å². The van der Waals surface area contributed by atoms with Crippen LogP contribution in [-0.4, -0.2) is 43.8 Å². The standard InChI is InChI=1S/C40H57ClN4O3/c1-35(2)17-19-40(34(48)42-22-27-24-45(44-43-27)23-26-9-7-8-10-30(26)41)20-18-38(5)28(29(40)21-35)11-12-32-36(3)15-14-33(47)37(4,25-46)31(36)13-16-39(32,38)6/h7-11,24,29,31-33,46-47H,12-23,25H2,1-6H3,(H,42,48)/t29-,31+,32+,33-,36-,37-,38+,39+,40-/m0/s1. The van der Waals surface area contributed by atoms with Gasteiger partial charge in [0.2, 0.25) is 5.91 Å². The molecule has 5 aliphatic carbocycles. The molecule has 0 bridgehead atoms. The zero-order valence-electron chi connectivity index (χ0n) is 30.0. The molecule has 3 N–H and O–H groups in total. The number of carbonyl (C=O) groups is 1. The van der Waals surface area contributed by atoms with Gasteiger partial charge in [-0.15, -0.1) is 5.10 Å². The molecule has 0 radical (unpaired) electrons. The fourth-order valence-electron chi connectivity index (χ4n) is 12.3. The molecule has 7 nitrogen and oxygen atoms in total. The summed E-state index contributed by atoms with van der Waals surface area (Å²) in [6.07, 6.45) is 13.9. The highest BCUT2D eigenvalue weighted by Crippen LogP contribution is 2.75. The van der Waals surface area contributed by atoms with E-state index in [9.17, 15) is 15.0 Å². The molecule has 1 aromatic carbocycles. The summed E-state index contributed by atoms with van der Waals surface area (Å²) in [7, 11) is 0. The molecule has 0 unspecified atom stereocenters. The van der Waals surface area contributed by atoms with Gasteiger partial charge in [0.05, 0.1) is 37.4 Å². The lowest BCUT2D eigenvalue weighted by atomic mass is 9.33. The van der Waals surface area contributed by atoms with Gasteiger partial charge in [-0.25, -0.2) is 4.68 Å². The number of aliphatic hydroxyl groups excluding tert-OH is 2. The van der Waals surface area contributed by atoms with Crippen LogP contribution < -0.4 is 5.32 Å². The molecule has 1 amide bonds. The zero-order chi connectivity index (χ0) is 34.3. The summed E-state index contributed by atoms with van der Waals surface area (Å²) < 4.78 is 1.79. The Kier molecular flexibility index (Phi) is 8.32. The van der Waals surface area contributed by atoms with Crippen molar-refractivity contribution in [3.8, 4) is 0 Å². The van der Waals surface area contributed by atoms with E-state index in [1.165, 1.54) is 0 Å². The zero-order valence-corrected chi connectivity index (χ0v) is 30.7. The minimum Gasteiger partial charge on any atom is -0.396 e. The van der Waals surface area contributed by atoms with Crippen LogP contribution in [0.15, 0.2) is 42.1 Å². The maximum Gasteiger partial charge on any atom is 0.227 e. The number of aromatic nitrogens is 3. The topological polar surface area (TPSA) is 100 Å². The quantitative estimate of drug-likeness (QED) is 0.272. The summed E-state index contributed by atoms with van der Waals surface area (Å²) in [5.74, 6) is 1.19. The van der Waals surface area contributed by atoms with Crippen LogP contribution in [0.4, 0.5) is 0 Å². The first-order valence-corrected chi connectivity index (χ1v) is 18.9. The number of halogens is 1. The number of benzene rings is 1. The SMILES string of the molecule is CC1(C)CC[C@]2(C(=O)NCc3cn(Cc4ccccc4Cl)nn3)CC[C@]3(C)C(=CC[C@@H]4[C@@]5(C)CC[C@H](O)[C@@](C)(CO)[C@@H]5CC[C@]43C)[C@@H]2C1. The smallest absolute Gasteiger partial charge is 0.227 e. The highest BCUT2D eigenvalue weighted by atomic mass is 35.5. The van der Waals surface area contributed by atoms with Gasteiger partial charge in [0.25, 0.3) is 0 Å². The van der Waals surface area contributed by atoms with E-state index in [1.807, 2.05) is 30.5 Å². The van der Waals surface area contributed by atoms with Gasteiger partial charge in [0, 0.05) is 10.4 Å². The van der Waals surface area contributed by atoms with E-state index >= 15 is 0 Å². The minimum atomic E-state index is -0.452. The normalized spacial score (nSPS) is 41.6. The average Bonchev–Trinajstić information content (AvgIpc) is 3.50. The highest BCUT2D eigenvalue weighted by molar-refractivity contribution is 6.31. The van der Waals surface area contributed by atoms with Crippen LogP contribution in [0.3, 0.4) is 0 Å². The molecule has 0 aliphatic heterocycles. The first kappa shape index (κ1) is 34.2. The third-order valence-corrected chi connectivity index (χ3v) is 15.9. The Labute approximate surface area is 292 Å². The minimum absolute atomic E-state index is 0.0127. The van der Waals surface area contributed by atoms with E-state index in [0.29, 0.717) is 29.9 Å². The highest BCUT2D eigenvalue weighted by Gasteiger charge is 2.69. The summed E-state index contributed by atoms with van der Waals surface area (Å²) in [5, 5.41) is 34.5. The maximum atomic E-state index is 14.5. The third kappa shape index (κ3) is 4.98. The molecule has 4 saturated carbocycles. The van der Waals surface area contributed by atoms with Gasteiger partial charge in [-0.1, -0.05) is 88.2 Å². The molecular formula is C40H57ClN4O3. The summed E-state index contributed by atoms with van der Waals surface area (Å²) in [4.78, 5) is 14.5. The van der Waals surface area contributed by atoms with Crippen LogP contribution >= 0.6 is 11.6 Å². The first-order chi connectivity index (χ1) is 22.6. The predicted molar refractivity (Wildman–Crippen MR) is 189 cm³/mol. The van der Waals surface area contributed by atoms with Crippen molar-refractivity contribution in [3.63, 3.8) is 0 Å². The number of hydrogen-bond acceptors (Lipinski definition) is 5. The predicted octanol–water partition coefficient (Wildman–Crippen LogP) is 7.73. The Morgan fingerprint density at radius 2 is 1.75 bits per heavy atom. The van der Waals surface area contributed by atoms with Crippen molar-refractivity contribution in [2.75, 3.05) is 6.61 Å². The molecule has 48 heavy (non-hydrogen) atoms. The summed E-state index contributed by atoms with van der Waals surface area (Å²) in [6, 6.07) is 7.76. The number of aliphatic hydroxyl groups is 2. The van der Waals surface area contributed by atoms with Crippen LogP contribution in [-0.2, 0) is 17.9 Å². The molecule has 9 atom stereocenters. The summed E-state index contributed by atoms with van der Waals surface area (Å²) in [5.41, 5.74) is 2.78. The van der Waals surface area contributed by atoms with Crippen molar-refractivity contribution in [2.45, 2.75) is 125 Å². The second-order valence-corrected chi connectivity index (χ2v) is 18.7. The van der Waals surface area contributed by atoms with Crippen LogP contribution in [0.2, 0.25) is 5.02 Å². The maximum absolute atomic E-state index is 14.5. The number of nitrogens with zero attached hydrogens (tertiary/aromatic N) is 3. The summed E-state index contributed by atoms with van der Waals surface area (Å²) in [6.45, 7) is 15.4. The molecule has 8 heteroatoms. The number of hydrogen-bond donors (Lipinski definition) is 3. The number of fused-ring (bicyclic) bond motifs is 7. The van der Waals surface area contributed by atoms with Crippen LogP contribution in [0.1, 0.15) is 117 Å². The van der Waals surface area contributed by atoms with Crippen LogP contribution in [0, 0.1) is 50.2 Å². The van der Waals surface area contributed by atoms with Gasteiger partial charge in [-0.3, -0.25) is 4.79 Å². The van der Waals surface area contributed by atoms with Crippen molar-refractivity contribution in [1.82, 2.24) is 20.3 Å². The largest absolute Gasteiger partial charge is 0.396 e. The second-order valence-electron chi connectivity index (χ2n) is 18.3. The van der Waals surface area contributed by atoms with Crippen molar-refractivity contribution in [2.24, 2.45) is 50.2 Å². The molecule has 5 aliphatic rings. The number of nitrogens with one attached hydrogen (secondary N) is 1. The Bertz CT molecular complexity index is 1600. The Morgan fingerprint density at radius 1 is 1.00 bits per heavy atom. The van der Waals surface area contributed by atoms with E-state index in [0.717, 1.165) is 75.5 Å². The van der Waals surface area contributed by atoms with E-state index in [2.05, 4.69) is 63.2 Å². The van der Waals surface area contributed by atoms with E-state index < -0.39 is 16.9 Å². The molecule has 4 fully saturated rings. The van der Waals surface area contributed by atoms with Crippen molar-refractivity contribution in [1.29, 1.82) is 0 Å². The van der Waals surface area contributed by atoms with E-state index in [4.69, 9.17) is 11.6 Å². The average molecular weight is 677 g/mol. The Morgan fingerprint density at radius 3 is 2.50 bits per heavy atom. The Hall–Kier alpha value is -2.22. The van der Waals surface area contributed by atoms with Gasteiger partial charge < -0.3 is 15.5 Å². The van der Waals surface area contributed by atoms with Crippen LogP contribution in [0.5, 0.6) is 0 Å². The lowest BCUT2D eigenvalue weighted by molar-refractivity contribution is -0.215. The molecule has 0 spiro atoms. The van der Waals surface area contributed by atoms with Crippen molar-refractivity contribution < 1.29 is 15.0 Å². The summed E-state index contributed by atoms with van der Waals surface area (Å²) >= 11 is 6.38. The number of allylic oxidation sites excluding steroid dienone is 2. The Balaban J connectivity index is 1.16. The van der Waals surface area contributed by atoms with Gasteiger partial charge in [0.15, 0.2) is 0 Å². The molecular weight excluding hydrogens is 620 g/mol. The monoisotopic (exact) mass is 676 g/mol. The molecule has 7 rings (SSSR count). The van der Waals surface area contributed by atoms with Gasteiger partial charge >= 0.3 is 0 Å². The van der Waals surface area contributed by atoms with Crippen molar-refractivity contribution >= 4 is 17.5 Å². The number of amides is 1. The van der Waals surface area contributed by atoms with Gasteiger partial charge in [-0.05, 0) is 115 Å². The van der Waals surface area contributed by atoms with E-state index in [-0.39, 0.29) is 40.1 Å². The lowest BCUT2D eigenvalue weighted by Gasteiger charge is -2.71. The molecule has 262 valence electrons. The van der Waals surface area contributed by atoms with Gasteiger partial charge in [0.1, 0.15) is 5.69 Å². The number of rotatable bonds is 6. The van der Waals surface area contributed by atoms with E-state index in [1.54, 1.807) is 10.3 Å². The fraction of sp³-hybridized carbons (Fsp3) is 0.725. The lowest BCUT2D eigenvalue weighted by Crippen LogP contribution is -2.66. The molecule has 0 saturated heterocycles. The molecule has 2 aromatic rings.